The normalized spacial score (nSPS) is 12.2. The molecule has 3 aromatic rings. The monoisotopic (exact) mass is 372 g/mol. The number of methoxy groups -OCH3 is 1. The number of phenols is 2. The fourth-order valence-electron chi connectivity index (χ4n) is 3.43. The lowest BCUT2D eigenvalue weighted by Crippen LogP contribution is -2.15. The summed E-state index contributed by atoms with van der Waals surface area (Å²) in [7, 11) is 1.32. The molecule has 0 radical (unpaired) electrons. The molecule has 0 aromatic heterocycles. The van der Waals surface area contributed by atoms with Gasteiger partial charge >= 0.3 is 5.97 Å². The largest absolute Gasteiger partial charge is 0.507 e. The minimum absolute atomic E-state index is 0.136. The zero-order chi connectivity index (χ0) is 19.8. The van der Waals surface area contributed by atoms with Gasteiger partial charge in [0.25, 0.3) is 0 Å². The van der Waals surface area contributed by atoms with Crippen LogP contribution in [0.4, 0.5) is 0 Å². The van der Waals surface area contributed by atoms with E-state index < -0.39 is 11.8 Å². The summed E-state index contributed by atoms with van der Waals surface area (Å²) in [6.07, 6.45) is 1.85. The van der Waals surface area contributed by atoms with E-state index in [0.717, 1.165) is 5.56 Å². The third kappa shape index (κ3) is 2.74. The highest BCUT2D eigenvalue weighted by Crippen LogP contribution is 2.43. The third-order valence-corrected chi connectivity index (χ3v) is 4.76. The molecular weight excluding hydrogens is 356 g/mol. The molecule has 28 heavy (non-hydrogen) atoms. The van der Waals surface area contributed by atoms with Crippen molar-refractivity contribution < 1.29 is 24.5 Å². The molecule has 0 saturated heterocycles. The number of rotatable bonds is 2. The van der Waals surface area contributed by atoms with Crippen LogP contribution in [0, 0.1) is 0 Å². The van der Waals surface area contributed by atoms with E-state index in [1.54, 1.807) is 48.5 Å². The Labute approximate surface area is 161 Å². The van der Waals surface area contributed by atoms with Gasteiger partial charge in [0.2, 0.25) is 5.78 Å². The summed E-state index contributed by atoms with van der Waals surface area (Å²) in [5.41, 5.74) is 3.41. The number of carbonyl (C=O) groups excluding carboxylic acids is 2. The number of aromatic hydroxyl groups is 2. The summed E-state index contributed by atoms with van der Waals surface area (Å²) >= 11 is 0. The third-order valence-electron chi connectivity index (χ3n) is 4.76. The number of hydrogen-bond acceptors (Lipinski definition) is 5. The quantitative estimate of drug-likeness (QED) is 0.519. The maximum Gasteiger partial charge on any atom is 0.337 e. The van der Waals surface area contributed by atoms with Crippen molar-refractivity contribution in [2.45, 2.75) is 0 Å². The van der Waals surface area contributed by atoms with Crippen molar-refractivity contribution in [2.75, 3.05) is 7.11 Å². The van der Waals surface area contributed by atoms with Crippen LogP contribution in [-0.4, -0.2) is 29.1 Å². The molecule has 3 aromatic carbocycles. The molecule has 0 bridgehead atoms. The highest BCUT2D eigenvalue weighted by molar-refractivity contribution is 6.22. The van der Waals surface area contributed by atoms with E-state index in [1.807, 2.05) is 6.08 Å². The predicted molar refractivity (Wildman–Crippen MR) is 104 cm³/mol. The molecule has 1 aliphatic carbocycles. The molecule has 0 amide bonds. The Balaban J connectivity index is 1.93. The first-order chi connectivity index (χ1) is 13.5. The lowest BCUT2D eigenvalue weighted by atomic mass is 9.80. The van der Waals surface area contributed by atoms with Gasteiger partial charge in [-0.25, -0.2) is 4.79 Å². The van der Waals surface area contributed by atoms with Crippen LogP contribution >= 0.6 is 0 Å². The number of hydrogen-bond donors (Lipinski definition) is 2. The van der Waals surface area contributed by atoms with Gasteiger partial charge in [-0.3, -0.25) is 4.79 Å². The molecule has 4 rings (SSSR count). The van der Waals surface area contributed by atoms with Gasteiger partial charge in [0.1, 0.15) is 11.5 Å². The predicted octanol–water partition coefficient (Wildman–Crippen LogP) is 4.02. The van der Waals surface area contributed by atoms with Crippen LogP contribution in [0.25, 0.3) is 11.6 Å². The molecule has 2 N–H and O–H groups in total. The molecule has 0 unspecified atom stereocenters. The molecule has 0 fully saturated rings. The molecule has 138 valence electrons. The Morgan fingerprint density at radius 3 is 1.89 bits per heavy atom. The molecule has 0 heterocycles. The first kappa shape index (κ1) is 17.5. The van der Waals surface area contributed by atoms with Crippen molar-refractivity contribution in [3.8, 4) is 11.5 Å². The van der Waals surface area contributed by atoms with E-state index in [9.17, 15) is 19.8 Å². The van der Waals surface area contributed by atoms with Gasteiger partial charge in [0.05, 0.1) is 23.8 Å². The lowest BCUT2D eigenvalue weighted by molar-refractivity contribution is 0.0600. The maximum absolute atomic E-state index is 12.9. The molecule has 5 nitrogen and oxygen atoms in total. The van der Waals surface area contributed by atoms with Crippen LogP contribution in [0.3, 0.4) is 0 Å². The SMILES string of the molecule is COC(=O)c1ccc(C=C2c3cccc(O)c3C(=O)c3c(O)cccc32)cc1. The molecule has 0 saturated carbocycles. The number of esters is 1. The van der Waals surface area contributed by atoms with E-state index in [-0.39, 0.29) is 22.6 Å². The zero-order valence-electron chi connectivity index (χ0n) is 15.0. The summed E-state index contributed by atoms with van der Waals surface area (Å²) in [6.45, 7) is 0. The van der Waals surface area contributed by atoms with E-state index in [0.29, 0.717) is 22.3 Å². The molecule has 0 atom stereocenters. The van der Waals surface area contributed by atoms with Gasteiger partial charge < -0.3 is 14.9 Å². The van der Waals surface area contributed by atoms with Crippen molar-refractivity contribution in [3.05, 3.63) is 94.0 Å². The molecule has 0 spiro atoms. The van der Waals surface area contributed by atoms with Gasteiger partial charge in [-0.15, -0.1) is 0 Å². The van der Waals surface area contributed by atoms with E-state index in [4.69, 9.17) is 4.74 Å². The highest BCUT2D eigenvalue weighted by Gasteiger charge is 2.31. The summed E-state index contributed by atoms with van der Waals surface area (Å²) in [5, 5.41) is 20.5. The standard InChI is InChI=1S/C23H16O5/c1-28-23(27)14-10-8-13(9-11-14)12-17-15-4-2-6-18(24)20(15)22(26)21-16(17)5-3-7-19(21)25/h2-12,24-25H,1H3. The zero-order valence-corrected chi connectivity index (χ0v) is 15.0. The minimum atomic E-state index is -0.423. The summed E-state index contributed by atoms with van der Waals surface area (Å²) in [6, 6.07) is 16.6. The second-order valence-corrected chi connectivity index (χ2v) is 6.40. The maximum atomic E-state index is 12.9. The van der Waals surface area contributed by atoms with Crippen molar-refractivity contribution in [1.29, 1.82) is 0 Å². The highest BCUT2D eigenvalue weighted by atomic mass is 16.5. The van der Waals surface area contributed by atoms with Gasteiger partial charge in [0.15, 0.2) is 0 Å². The minimum Gasteiger partial charge on any atom is -0.507 e. The molecule has 1 aliphatic rings. The van der Waals surface area contributed by atoms with Crippen LogP contribution in [0.2, 0.25) is 0 Å². The van der Waals surface area contributed by atoms with Gasteiger partial charge in [0, 0.05) is 0 Å². The van der Waals surface area contributed by atoms with Gasteiger partial charge in [-0.05, 0) is 52.6 Å². The topological polar surface area (TPSA) is 83.8 Å². The second kappa shape index (κ2) is 6.70. The molecule has 0 aliphatic heterocycles. The van der Waals surface area contributed by atoms with Gasteiger partial charge in [-0.1, -0.05) is 36.4 Å². The summed E-state index contributed by atoms with van der Waals surface area (Å²) in [5.74, 6) is -1.11. The number of ether oxygens (including phenoxy) is 1. The van der Waals surface area contributed by atoms with E-state index >= 15 is 0 Å². The number of phenolic OH excluding ortho intramolecular Hbond substituents is 2. The van der Waals surface area contributed by atoms with Crippen molar-refractivity contribution in [1.82, 2.24) is 0 Å². The van der Waals surface area contributed by atoms with Crippen LogP contribution in [-0.2, 0) is 4.74 Å². The Morgan fingerprint density at radius 1 is 0.857 bits per heavy atom. The van der Waals surface area contributed by atoms with Crippen LogP contribution in [0.5, 0.6) is 11.5 Å². The van der Waals surface area contributed by atoms with Crippen molar-refractivity contribution >= 4 is 23.4 Å². The average molecular weight is 372 g/mol. The number of carbonyl (C=O) groups is 2. The average Bonchev–Trinajstić information content (AvgIpc) is 2.70. The van der Waals surface area contributed by atoms with Crippen LogP contribution in [0.1, 0.15) is 43.0 Å². The number of benzene rings is 3. The number of ketones is 1. The fourth-order valence-corrected chi connectivity index (χ4v) is 3.43. The molecule has 5 heteroatoms. The first-order valence-corrected chi connectivity index (χ1v) is 8.60. The van der Waals surface area contributed by atoms with Crippen molar-refractivity contribution in [3.63, 3.8) is 0 Å². The van der Waals surface area contributed by atoms with Crippen molar-refractivity contribution in [2.24, 2.45) is 0 Å². The van der Waals surface area contributed by atoms with Crippen LogP contribution in [0.15, 0.2) is 60.7 Å². The van der Waals surface area contributed by atoms with Crippen LogP contribution < -0.4 is 0 Å². The summed E-state index contributed by atoms with van der Waals surface area (Å²) < 4.78 is 4.71. The lowest BCUT2D eigenvalue weighted by Gasteiger charge is -2.23. The van der Waals surface area contributed by atoms with Gasteiger partial charge in [-0.2, -0.15) is 0 Å². The molecular formula is C23H16O5. The second-order valence-electron chi connectivity index (χ2n) is 6.40. The Bertz CT molecular complexity index is 1080. The smallest absolute Gasteiger partial charge is 0.337 e. The Kier molecular flexibility index (Phi) is 4.20. The summed E-state index contributed by atoms with van der Waals surface area (Å²) in [4.78, 5) is 24.5. The number of fused-ring (bicyclic) bond motifs is 2. The van der Waals surface area contributed by atoms with E-state index in [2.05, 4.69) is 0 Å². The first-order valence-electron chi connectivity index (χ1n) is 8.60. The Hall–Kier alpha value is -3.86. The van der Waals surface area contributed by atoms with E-state index in [1.165, 1.54) is 19.2 Å². The fraction of sp³-hybridized carbons (Fsp3) is 0.0435. The Morgan fingerprint density at radius 2 is 1.39 bits per heavy atom.